The highest BCUT2D eigenvalue weighted by Crippen LogP contribution is 2.19. The summed E-state index contributed by atoms with van der Waals surface area (Å²) in [6.07, 6.45) is 0.715. The number of nitrogens with one attached hydrogen (secondary N) is 1. The molecule has 0 radical (unpaired) electrons. The van der Waals surface area contributed by atoms with E-state index >= 15 is 0 Å². The molecule has 0 aliphatic heterocycles. The molecule has 0 fully saturated rings. The van der Waals surface area contributed by atoms with Crippen molar-refractivity contribution in [1.82, 2.24) is 9.97 Å². The minimum atomic E-state index is -0.482. The highest BCUT2D eigenvalue weighted by molar-refractivity contribution is 6.30. The Morgan fingerprint density at radius 3 is 2.83 bits per heavy atom. The Morgan fingerprint density at radius 1 is 1.50 bits per heavy atom. The fourth-order valence-corrected chi connectivity index (χ4v) is 1.46. The summed E-state index contributed by atoms with van der Waals surface area (Å²) < 4.78 is 5.03. The van der Waals surface area contributed by atoms with Crippen LogP contribution in [0, 0.1) is 6.92 Å². The second-order valence-electron chi connectivity index (χ2n) is 3.70. The van der Waals surface area contributed by atoms with E-state index in [2.05, 4.69) is 15.3 Å². The third-order valence-electron chi connectivity index (χ3n) is 2.23. The van der Waals surface area contributed by atoms with Crippen LogP contribution in [0.5, 0.6) is 0 Å². The van der Waals surface area contributed by atoms with Crippen molar-refractivity contribution in [3.63, 3.8) is 0 Å². The SMILES string of the molecule is CCc1nc(Cl)c(C)c(NCCOCC(N)=O)n1. The van der Waals surface area contributed by atoms with E-state index in [1.54, 1.807) is 0 Å². The smallest absolute Gasteiger partial charge is 0.243 e. The number of amides is 1. The molecule has 0 bridgehead atoms. The number of carbonyl (C=O) groups is 1. The quantitative estimate of drug-likeness (QED) is 0.569. The predicted octanol–water partition coefficient (Wildman–Crippen LogP) is 0.915. The van der Waals surface area contributed by atoms with Crippen molar-refractivity contribution >= 4 is 23.3 Å². The van der Waals surface area contributed by atoms with Gasteiger partial charge in [-0.3, -0.25) is 4.79 Å². The monoisotopic (exact) mass is 272 g/mol. The van der Waals surface area contributed by atoms with Crippen LogP contribution in [0.3, 0.4) is 0 Å². The lowest BCUT2D eigenvalue weighted by Crippen LogP contribution is -2.21. The van der Waals surface area contributed by atoms with Crippen LogP contribution < -0.4 is 11.1 Å². The van der Waals surface area contributed by atoms with Crippen LogP contribution in [0.1, 0.15) is 18.3 Å². The molecule has 3 N–H and O–H groups in total. The molecule has 0 unspecified atom stereocenters. The summed E-state index contributed by atoms with van der Waals surface area (Å²) in [4.78, 5) is 18.9. The Balaban J connectivity index is 2.51. The molecule has 1 amide bonds. The zero-order chi connectivity index (χ0) is 13.5. The van der Waals surface area contributed by atoms with E-state index in [-0.39, 0.29) is 6.61 Å². The van der Waals surface area contributed by atoms with Gasteiger partial charge in [0.15, 0.2) is 0 Å². The summed E-state index contributed by atoms with van der Waals surface area (Å²) in [5.41, 5.74) is 5.74. The van der Waals surface area contributed by atoms with Crippen molar-refractivity contribution in [2.45, 2.75) is 20.3 Å². The van der Waals surface area contributed by atoms with Gasteiger partial charge in [-0.1, -0.05) is 18.5 Å². The third kappa shape index (κ3) is 4.46. The molecule has 1 rings (SSSR count). The summed E-state index contributed by atoms with van der Waals surface area (Å²) in [7, 11) is 0. The molecule has 6 nitrogen and oxygen atoms in total. The lowest BCUT2D eigenvalue weighted by atomic mass is 10.3. The zero-order valence-corrected chi connectivity index (χ0v) is 11.3. The molecule has 0 saturated carbocycles. The van der Waals surface area contributed by atoms with Crippen LogP contribution in [0.25, 0.3) is 0 Å². The molecular formula is C11H17ClN4O2. The summed E-state index contributed by atoms with van der Waals surface area (Å²) in [5, 5.41) is 3.54. The molecule has 0 spiro atoms. The van der Waals surface area contributed by atoms with E-state index in [1.807, 2.05) is 13.8 Å². The first-order valence-electron chi connectivity index (χ1n) is 5.67. The van der Waals surface area contributed by atoms with Gasteiger partial charge in [-0.15, -0.1) is 0 Å². The molecule has 7 heteroatoms. The van der Waals surface area contributed by atoms with Crippen molar-refractivity contribution in [3.05, 3.63) is 16.5 Å². The van der Waals surface area contributed by atoms with Crippen LogP contribution in [-0.2, 0) is 16.0 Å². The van der Waals surface area contributed by atoms with E-state index < -0.39 is 5.91 Å². The summed E-state index contributed by atoms with van der Waals surface area (Å²) in [6.45, 7) is 4.61. The van der Waals surface area contributed by atoms with Gasteiger partial charge in [0.2, 0.25) is 5.91 Å². The van der Waals surface area contributed by atoms with E-state index in [0.29, 0.717) is 36.4 Å². The largest absolute Gasteiger partial charge is 0.370 e. The van der Waals surface area contributed by atoms with Gasteiger partial charge in [0, 0.05) is 18.5 Å². The minimum Gasteiger partial charge on any atom is -0.370 e. The van der Waals surface area contributed by atoms with E-state index in [0.717, 1.165) is 5.56 Å². The fourth-order valence-electron chi connectivity index (χ4n) is 1.28. The average Bonchev–Trinajstić information content (AvgIpc) is 2.33. The van der Waals surface area contributed by atoms with Crippen molar-refractivity contribution in [1.29, 1.82) is 0 Å². The maximum absolute atomic E-state index is 10.5. The first-order chi connectivity index (χ1) is 8.54. The molecule has 1 heterocycles. The van der Waals surface area contributed by atoms with Crippen LogP contribution in [-0.4, -0.2) is 35.6 Å². The third-order valence-corrected chi connectivity index (χ3v) is 2.60. The van der Waals surface area contributed by atoms with Gasteiger partial charge in [0.1, 0.15) is 23.4 Å². The van der Waals surface area contributed by atoms with Gasteiger partial charge in [-0.2, -0.15) is 0 Å². The molecule has 0 aromatic carbocycles. The van der Waals surface area contributed by atoms with Crippen molar-refractivity contribution < 1.29 is 9.53 Å². The molecule has 0 saturated heterocycles. The maximum atomic E-state index is 10.5. The van der Waals surface area contributed by atoms with Gasteiger partial charge in [0.05, 0.1) is 6.61 Å². The van der Waals surface area contributed by atoms with Gasteiger partial charge in [-0.05, 0) is 6.92 Å². The molecule has 18 heavy (non-hydrogen) atoms. The molecule has 0 atom stereocenters. The highest BCUT2D eigenvalue weighted by atomic mass is 35.5. The number of ether oxygens (including phenoxy) is 1. The maximum Gasteiger partial charge on any atom is 0.243 e. The van der Waals surface area contributed by atoms with Crippen LogP contribution in [0.2, 0.25) is 5.15 Å². The van der Waals surface area contributed by atoms with E-state index in [4.69, 9.17) is 22.1 Å². The van der Waals surface area contributed by atoms with E-state index in [1.165, 1.54) is 0 Å². The lowest BCUT2D eigenvalue weighted by molar-refractivity contribution is -0.122. The van der Waals surface area contributed by atoms with Crippen LogP contribution >= 0.6 is 11.6 Å². The molecular weight excluding hydrogens is 256 g/mol. The zero-order valence-electron chi connectivity index (χ0n) is 10.5. The van der Waals surface area contributed by atoms with Crippen LogP contribution in [0.15, 0.2) is 0 Å². The summed E-state index contributed by atoms with van der Waals surface area (Å²) in [5.74, 6) is 0.894. The Kier molecular flexibility index (Phi) is 5.80. The van der Waals surface area contributed by atoms with Crippen molar-refractivity contribution in [3.8, 4) is 0 Å². The van der Waals surface area contributed by atoms with Crippen molar-refractivity contribution in [2.24, 2.45) is 5.73 Å². The minimum absolute atomic E-state index is 0.0780. The predicted molar refractivity (Wildman–Crippen MR) is 69.7 cm³/mol. The number of rotatable bonds is 7. The Labute approximate surface area is 111 Å². The van der Waals surface area contributed by atoms with Gasteiger partial charge >= 0.3 is 0 Å². The number of nitrogens with two attached hydrogens (primary N) is 1. The van der Waals surface area contributed by atoms with Gasteiger partial charge in [-0.25, -0.2) is 9.97 Å². The normalized spacial score (nSPS) is 10.4. The Morgan fingerprint density at radius 2 is 2.22 bits per heavy atom. The summed E-state index contributed by atoms with van der Waals surface area (Å²) >= 11 is 6.00. The molecule has 0 aliphatic carbocycles. The first-order valence-corrected chi connectivity index (χ1v) is 6.05. The number of hydrogen-bond donors (Lipinski definition) is 2. The second kappa shape index (κ2) is 7.13. The second-order valence-corrected chi connectivity index (χ2v) is 4.06. The Bertz CT molecular complexity index is 426. The average molecular weight is 273 g/mol. The molecule has 100 valence electrons. The number of halogens is 1. The highest BCUT2D eigenvalue weighted by Gasteiger charge is 2.07. The topological polar surface area (TPSA) is 90.1 Å². The number of carbonyl (C=O) groups excluding carboxylic acids is 1. The van der Waals surface area contributed by atoms with E-state index in [9.17, 15) is 4.79 Å². The van der Waals surface area contributed by atoms with Gasteiger partial charge in [0.25, 0.3) is 0 Å². The van der Waals surface area contributed by atoms with Crippen LogP contribution in [0.4, 0.5) is 5.82 Å². The molecule has 1 aromatic rings. The molecule has 1 aromatic heterocycles. The fraction of sp³-hybridized carbons (Fsp3) is 0.545. The number of hydrogen-bond acceptors (Lipinski definition) is 5. The Hall–Kier alpha value is -1.40. The van der Waals surface area contributed by atoms with Crippen molar-refractivity contribution in [2.75, 3.05) is 25.1 Å². The lowest BCUT2D eigenvalue weighted by Gasteiger charge is -2.10. The van der Waals surface area contributed by atoms with Gasteiger partial charge < -0.3 is 15.8 Å². The summed E-state index contributed by atoms with van der Waals surface area (Å²) in [6, 6.07) is 0. The number of anilines is 1. The number of aromatic nitrogens is 2. The first kappa shape index (κ1) is 14.7. The number of primary amides is 1. The molecule has 0 aliphatic rings. The number of nitrogens with zero attached hydrogens (tertiary/aromatic N) is 2. The standard InChI is InChI=1S/C11H17ClN4O2/c1-3-9-15-10(12)7(2)11(16-9)14-4-5-18-6-8(13)17/h3-6H2,1-2H3,(H2,13,17)(H,14,15,16). The number of aryl methyl sites for hydroxylation is 1.